The van der Waals surface area contributed by atoms with Crippen molar-refractivity contribution in [2.45, 2.75) is 47.0 Å². The van der Waals surface area contributed by atoms with Crippen LogP contribution in [0.1, 0.15) is 57.4 Å². The molecule has 0 N–H and O–H groups in total. The minimum absolute atomic E-state index is 0.0336. The van der Waals surface area contributed by atoms with Crippen LogP contribution in [0.5, 0.6) is 0 Å². The van der Waals surface area contributed by atoms with Crippen LogP contribution in [0.15, 0.2) is 12.1 Å². The Kier molecular flexibility index (Phi) is 6.46. The van der Waals surface area contributed by atoms with Crippen LogP contribution in [-0.4, -0.2) is 29.1 Å². The van der Waals surface area contributed by atoms with Gasteiger partial charge in [-0.25, -0.2) is 0 Å². The average Bonchev–Trinajstić information content (AvgIpc) is 2.49. The molecule has 0 bridgehead atoms. The van der Waals surface area contributed by atoms with Crippen LogP contribution in [0.3, 0.4) is 0 Å². The first kappa shape index (κ1) is 15.6. The Hall–Kier alpha value is -1.45. The molecule has 2 rings (SSSR count). The van der Waals surface area contributed by atoms with Gasteiger partial charge in [-0.2, -0.15) is 0 Å². The quantitative estimate of drug-likeness (QED) is 0.785. The zero-order chi connectivity index (χ0) is 14.3. The Labute approximate surface area is 116 Å². The topological polar surface area (TPSA) is 46.1 Å². The zero-order valence-electron chi connectivity index (χ0n) is 12.5. The summed E-state index contributed by atoms with van der Waals surface area (Å²) >= 11 is 0. The number of rotatable bonds is 3. The van der Waals surface area contributed by atoms with E-state index in [0.717, 1.165) is 24.8 Å². The molecular formula is C15H25N3O. The molecule has 0 amide bonds. The maximum Gasteiger partial charge on any atom is 0.180 e. The molecule has 1 aromatic heterocycles. The van der Waals surface area contributed by atoms with Gasteiger partial charge in [-0.3, -0.25) is 4.79 Å². The van der Waals surface area contributed by atoms with Crippen molar-refractivity contribution in [1.82, 2.24) is 10.2 Å². The molecule has 0 saturated carbocycles. The van der Waals surface area contributed by atoms with Crippen molar-refractivity contribution in [2.75, 3.05) is 18.0 Å². The summed E-state index contributed by atoms with van der Waals surface area (Å²) in [6, 6.07) is 3.66. The third-order valence-corrected chi connectivity index (χ3v) is 3.53. The van der Waals surface area contributed by atoms with E-state index in [0.29, 0.717) is 5.69 Å². The van der Waals surface area contributed by atoms with Gasteiger partial charge >= 0.3 is 0 Å². The normalized spacial score (nSPS) is 15.7. The molecular weight excluding hydrogens is 238 g/mol. The van der Waals surface area contributed by atoms with E-state index < -0.39 is 0 Å². The Balaban J connectivity index is 0.000000861. The third-order valence-electron chi connectivity index (χ3n) is 3.53. The Morgan fingerprint density at radius 2 is 1.89 bits per heavy atom. The Morgan fingerprint density at radius 3 is 2.32 bits per heavy atom. The van der Waals surface area contributed by atoms with Crippen molar-refractivity contribution >= 4 is 11.6 Å². The van der Waals surface area contributed by atoms with Crippen molar-refractivity contribution < 1.29 is 4.79 Å². The second-order valence-electron chi connectivity index (χ2n) is 4.67. The summed E-state index contributed by atoms with van der Waals surface area (Å²) in [6.07, 6.45) is 3.72. The smallest absolute Gasteiger partial charge is 0.180 e. The third kappa shape index (κ3) is 4.30. The molecule has 4 nitrogen and oxygen atoms in total. The molecule has 0 atom stereocenters. The standard InChI is InChI=1S/C13H19N3O.C2H6/c1-3-11-6-8-16(9-7-11)13-5-4-12(10(2)17)14-15-13;1-2/h4-5,11H,3,6-9H2,1-2H3;1-2H3. The van der Waals surface area contributed by atoms with Gasteiger partial charge in [0, 0.05) is 20.0 Å². The van der Waals surface area contributed by atoms with Crippen LogP contribution in [0, 0.1) is 5.92 Å². The van der Waals surface area contributed by atoms with Gasteiger partial charge in [-0.05, 0) is 30.9 Å². The van der Waals surface area contributed by atoms with Crippen molar-refractivity contribution in [1.29, 1.82) is 0 Å². The van der Waals surface area contributed by atoms with Gasteiger partial charge in [0.05, 0.1) is 0 Å². The lowest BCUT2D eigenvalue weighted by Gasteiger charge is -2.31. The summed E-state index contributed by atoms with van der Waals surface area (Å²) in [5.41, 5.74) is 0.442. The number of anilines is 1. The van der Waals surface area contributed by atoms with Gasteiger partial charge in [-0.1, -0.05) is 27.2 Å². The maximum absolute atomic E-state index is 11.1. The number of nitrogens with zero attached hydrogens (tertiary/aromatic N) is 3. The summed E-state index contributed by atoms with van der Waals surface area (Å²) in [5, 5.41) is 8.08. The van der Waals surface area contributed by atoms with E-state index in [1.165, 1.54) is 26.2 Å². The summed E-state index contributed by atoms with van der Waals surface area (Å²) in [4.78, 5) is 13.4. The number of carbonyl (C=O) groups excluding carboxylic acids is 1. The van der Waals surface area contributed by atoms with Crippen molar-refractivity contribution in [3.8, 4) is 0 Å². The highest BCUT2D eigenvalue weighted by Gasteiger charge is 2.19. The van der Waals surface area contributed by atoms with E-state index in [2.05, 4.69) is 22.0 Å². The number of hydrogen-bond donors (Lipinski definition) is 0. The molecule has 0 aromatic carbocycles. The van der Waals surface area contributed by atoms with Crippen molar-refractivity contribution in [3.63, 3.8) is 0 Å². The number of piperidine rings is 1. The first-order chi connectivity index (χ1) is 9.20. The first-order valence-electron chi connectivity index (χ1n) is 7.30. The largest absolute Gasteiger partial charge is 0.355 e. The summed E-state index contributed by atoms with van der Waals surface area (Å²) in [6.45, 7) is 9.86. The average molecular weight is 263 g/mol. The molecule has 1 fully saturated rings. The minimum atomic E-state index is -0.0336. The molecule has 0 spiro atoms. The lowest BCUT2D eigenvalue weighted by molar-refractivity contribution is 0.101. The number of aromatic nitrogens is 2. The van der Waals surface area contributed by atoms with E-state index in [9.17, 15) is 4.79 Å². The number of ketones is 1. The van der Waals surface area contributed by atoms with Gasteiger partial charge in [0.15, 0.2) is 11.6 Å². The number of carbonyl (C=O) groups is 1. The highest BCUT2D eigenvalue weighted by molar-refractivity contribution is 5.91. The van der Waals surface area contributed by atoms with E-state index in [-0.39, 0.29) is 5.78 Å². The summed E-state index contributed by atoms with van der Waals surface area (Å²) in [5.74, 6) is 1.72. The molecule has 1 aromatic rings. The molecule has 1 aliphatic heterocycles. The molecule has 2 heterocycles. The van der Waals surface area contributed by atoms with E-state index in [1.54, 1.807) is 6.07 Å². The fourth-order valence-electron chi connectivity index (χ4n) is 2.25. The Bertz CT molecular complexity index is 381. The van der Waals surface area contributed by atoms with Gasteiger partial charge in [-0.15, -0.1) is 10.2 Å². The van der Waals surface area contributed by atoms with Crippen LogP contribution < -0.4 is 4.90 Å². The van der Waals surface area contributed by atoms with Gasteiger partial charge in [0.1, 0.15) is 5.69 Å². The molecule has 0 unspecified atom stereocenters. The van der Waals surface area contributed by atoms with Gasteiger partial charge < -0.3 is 4.90 Å². The lowest BCUT2D eigenvalue weighted by atomic mass is 9.94. The SMILES string of the molecule is CC.CCC1CCN(c2ccc(C(C)=O)nn2)CC1. The monoisotopic (exact) mass is 263 g/mol. The lowest BCUT2D eigenvalue weighted by Crippen LogP contribution is -2.34. The second kappa shape index (κ2) is 7.87. The molecule has 0 aliphatic carbocycles. The number of hydrogen-bond acceptors (Lipinski definition) is 4. The predicted molar refractivity (Wildman–Crippen MR) is 78.6 cm³/mol. The van der Waals surface area contributed by atoms with Crippen LogP contribution in [-0.2, 0) is 0 Å². The summed E-state index contributed by atoms with van der Waals surface area (Å²) < 4.78 is 0. The predicted octanol–water partition coefficient (Wildman–Crippen LogP) is 3.33. The molecule has 106 valence electrons. The second-order valence-corrected chi connectivity index (χ2v) is 4.67. The molecule has 0 radical (unpaired) electrons. The summed E-state index contributed by atoms with van der Waals surface area (Å²) in [7, 11) is 0. The maximum atomic E-state index is 11.1. The fraction of sp³-hybridized carbons (Fsp3) is 0.667. The van der Waals surface area contributed by atoms with Gasteiger partial charge in [0.2, 0.25) is 0 Å². The van der Waals surface area contributed by atoms with E-state index in [4.69, 9.17) is 0 Å². The van der Waals surface area contributed by atoms with E-state index >= 15 is 0 Å². The molecule has 4 heteroatoms. The van der Waals surface area contributed by atoms with Gasteiger partial charge in [0.25, 0.3) is 0 Å². The first-order valence-corrected chi connectivity index (χ1v) is 7.30. The molecule has 1 saturated heterocycles. The number of Topliss-reactive ketones (excluding diaryl/α,β-unsaturated/α-hetero) is 1. The Morgan fingerprint density at radius 1 is 1.26 bits per heavy atom. The molecule has 19 heavy (non-hydrogen) atoms. The zero-order valence-corrected chi connectivity index (χ0v) is 12.5. The van der Waals surface area contributed by atoms with Crippen LogP contribution in [0.4, 0.5) is 5.82 Å². The fourth-order valence-corrected chi connectivity index (χ4v) is 2.25. The van der Waals surface area contributed by atoms with E-state index in [1.807, 2.05) is 19.9 Å². The van der Waals surface area contributed by atoms with Crippen molar-refractivity contribution in [2.24, 2.45) is 5.92 Å². The van der Waals surface area contributed by atoms with Crippen LogP contribution in [0.25, 0.3) is 0 Å². The molecule has 1 aliphatic rings. The highest BCUT2D eigenvalue weighted by atomic mass is 16.1. The van der Waals surface area contributed by atoms with Crippen LogP contribution >= 0.6 is 0 Å². The van der Waals surface area contributed by atoms with Crippen LogP contribution in [0.2, 0.25) is 0 Å². The minimum Gasteiger partial charge on any atom is -0.355 e. The highest BCUT2D eigenvalue weighted by Crippen LogP contribution is 2.23. The van der Waals surface area contributed by atoms with Crippen molar-refractivity contribution in [3.05, 3.63) is 17.8 Å².